The van der Waals surface area contributed by atoms with E-state index < -0.39 is 0 Å². The average molecular weight is 247 g/mol. The second-order valence-corrected chi connectivity index (χ2v) is 6.87. The van der Waals surface area contributed by atoms with E-state index in [1.54, 1.807) is 0 Å². The molecular weight excluding hydrogens is 222 g/mol. The Hall–Kier alpha value is -1.12. The largest absolute Gasteiger partial charge is 0.340 e. The lowest BCUT2D eigenvalue weighted by Gasteiger charge is -2.35. The van der Waals surface area contributed by atoms with Crippen LogP contribution in [0.5, 0.6) is 0 Å². The zero-order valence-corrected chi connectivity index (χ0v) is 12.3. The van der Waals surface area contributed by atoms with Crippen LogP contribution in [0.1, 0.15) is 46.6 Å². The van der Waals surface area contributed by atoms with Crippen molar-refractivity contribution in [3.8, 4) is 0 Å². The minimum atomic E-state index is 0.126. The second kappa shape index (κ2) is 4.87. The van der Waals surface area contributed by atoms with Gasteiger partial charge in [0.15, 0.2) is 0 Å². The normalized spacial score (nSPS) is 25.3. The van der Waals surface area contributed by atoms with Crippen LogP contribution in [-0.4, -0.2) is 23.1 Å². The van der Waals surface area contributed by atoms with Gasteiger partial charge >= 0.3 is 0 Å². The van der Waals surface area contributed by atoms with Gasteiger partial charge in [0, 0.05) is 25.5 Å². The van der Waals surface area contributed by atoms with Gasteiger partial charge in [0.25, 0.3) is 0 Å². The van der Waals surface area contributed by atoms with Gasteiger partial charge in [-0.05, 0) is 29.2 Å². The van der Waals surface area contributed by atoms with E-state index in [-0.39, 0.29) is 5.41 Å². The summed E-state index contributed by atoms with van der Waals surface area (Å²) in [5, 5.41) is 0. The molecule has 100 valence electrons. The highest BCUT2D eigenvalue weighted by Gasteiger charge is 2.24. The van der Waals surface area contributed by atoms with Crippen molar-refractivity contribution in [3.05, 3.63) is 18.0 Å². The first kappa shape index (κ1) is 13.3. The van der Waals surface area contributed by atoms with Crippen LogP contribution in [0.2, 0.25) is 0 Å². The molecule has 1 aliphatic rings. The Balaban J connectivity index is 2.14. The molecule has 0 bridgehead atoms. The van der Waals surface area contributed by atoms with Gasteiger partial charge < -0.3 is 4.90 Å². The summed E-state index contributed by atoms with van der Waals surface area (Å²) in [5.41, 5.74) is 1.32. The molecule has 3 nitrogen and oxygen atoms in total. The molecule has 18 heavy (non-hydrogen) atoms. The van der Waals surface area contributed by atoms with Crippen LogP contribution >= 0.6 is 0 Å². The van der Waals surface area contributed by atoms with Crippen LogP contribution in [0.25, 0.3) is 0 Å². The molecule has 0 spiro atoms. The quantitative estimate of drug-likeness (QED) is 0.762. The number of hydrogen-bond donors (Lipinski definition) is 0. The lowest BCUT2D eigenvalue weighted by Crippen LogP contribution is -2.39. The van der Waals surface area contributed by atoms with E-state index in [1.165, 1.54) is 12.0 Å². The molecule has 1 aromatic rings. The summed E-state index contributed by atoms with van der Waals surface area (Å²) in [4.78, 5) is 11.4. The first-order valence-corrected chi connectivity index (χ1v) is 6.93. The van der Waals surface area contributed by atoms with E-state index in [4.69, 9.17) is 0 Å². The van der Waals surface area contributed by atoms with Crippen LogP contribution in [-0.2, 0) is 5.41 Å². The van der Waals surface area contributed by atoms with Crippen molar-refractivity contribution in [2.24, 2.45) is 11.8 Å². The topological polar surface area (TPSA) is 29.0 Å². The number of hydrogen-bond acceptors (Lipinski definition) is 3. The fraction of sp³-hybridized carbons (Fsp3) is 0.733. The van der Waals surface area contributed by atoms with E-state index in [0.29, 0.717) is 0 Å². The molecule has 1 fully saturated rings. The summed E-state index contributed by atoms with van der Waals surface area (Å²) in [7, 11) is 0. The molecule has 2 rings (SSSR count). The Morgan fingerprint density at radius 3 is 2.00 bits per heavy atom. The molecule has 0 aromatic carbocycles. The Kier molecular flexibility index (Phi) is 3.60. The van der Waals surface area contributed by atoms with Crippen LogP contribution in [0.15, 0.2) is 12.4 Å². The first-order valence-electron chi connectivity index (χ1n) is 6.93. The van der Waals surface area contributed by atoms with Crippen molar-refractivity contribution < 1.29 is 0 Å². The third-order valence-electron chi connectivity index (χ3n) is 3.66. The van der Waals surface area contributed by atoms with Crippen molar-refractivity contribution in [1.29, 1.82) is 0 Å². The predicted octanol–water partition coefficient (Wildman–Crippen LogP) is 3.26. The fourth-order valence-electron chi connectivity index (χ4n) is 2.70. The highest BCUT2D eigenvalue weighted by Crippen LogP contribution is 2.25. The monoisotopic (exact) mass is 247 g/mol. The maximum atomic E-state index is 4.55. The SMILES string of the molecule is CC1CC(C)CN(c2ncc(C(C)(C)C)cn2)C1. The van der Waals surface area contributed by atoms with E-state index in [0.717, 1.165) is 30.9 Å². The molecule has 3 heteroatoms. The maximum Gasteiger partial charge on any atom is 0.225 e. The molecule has 2 heterocycles. The number of rotatable bonds is 1. The van der Waals surface area contributed by atoms with E-state index in [9.17, 15) is 0 Å². The van der Waals surface area contributed by atoms with Gasteiger partial charge in [-0.25, -0.2) is 9.97 Å². The molecule has 0 aliphatic carbocycles. The van der Waals surface area contributed by atoms with Crippen molar-refractivity contribution in [3.63, 3.8) is 0 Å². The lowest BCUT2D eigenvalue weighted by atomic mass is 9.89. The first-order chi connectivity index (χ1) is 8.36. The molecule has 1 aliphatic heterocycles. The fourth-order valence-corrected chi connectivity index (χ4v) is 2.70. The summed E-state index contributed by atoms with van der Waals surface area (Å²) < 4.78 is 0. The van der Waals surface area contributed by atoms with Gasteiger partial charge in [0.2, 0.25) is 5.95 Å². The predicted molar refractivity (Wildman–Crippen MR) is 75.9 cm³/mol. The Bertz CT molecular complexity index is 381. The van der Waals surface area contributed by atoms with Crippen molar-refractivity contribution in [2.75, 3.05) is 18.0 Å². The Morgan fingerprint density at radius 2 is 1.56 bits per heavy atom. The molecule has 0 amide bonds. The van der Waals surface area contributed by atoms with Gasteiger partial charge in [-0.2, -0.15) is 0 Å². The number of piperidine rings is 1. The molecule has 0 radical (unpaired) electrons. The van der Waals surface area contributed by atoms with E-state index in [2.05, 4.69) is 49.5 Å². The highest BCUT2D eigenvalue weighted by atomic mass is 15.3. The smallest absolute Gasteiger partial charge is 0.225 e. The van der Waals surface area contributed by atoms with Gasteiger partial charge in [-0.15, -0.1) is 0 Å². The van der Waals surface area contributed by atoms with Crippen molar-refractivity contribution in [1.82, 2.24) is 9.97 Å². The van der Waals surface area contributed by atoms with Gasteiger partial charge in [-0.3, -0.25) is 0 Å². The van der Waals surface area contributed by atoms with Crippen LogP contribution in [0.3, 0.4) is 0 Å². The van der Waals surface area contributed by atoms with Crippen molar-refractivity contribution in [2.45, 2.75) is 46.5 Å². The molecular formula is C15H25N3. The van der Waals surface area contributed by atoms with Crippen LogP contribution in [0.4, 0.5) is 5.95 Å². The highest BCUT2D eigenvalue weighted by molar-refractivity contribution is 5.32. The summed E-state index contributed by atoms with van der Waals surface area (Å²) in [6.45, 7) is 13.4. The van der Waals surface area contributed by atoms with E-state index >= 15 is 0 Å². The van der Waals surface area contributed by atoms with E-state index in [1.807, 2.05) is 12.4 Å². The lowest BCUT2D eigenvalue weighted by molar-refractivity contribution is 0.353. The second-order valence-electron chi connectivity index (χ2n) is 6.87. The molecule has 1 aromatic heterocycles. The summed E-state index contributed by atoms with van der Waals surface area (Å²) in [6, 6.07) is 0. The standard InChI is InChI=1S/C15H25N3/c1-11-6-12(2)10-18(9-11)14-16-7-13(8-17-14)15(3,4)5/h7-8,11-12H,6,9-10H2,1-5H3. The number of anilines is 1. The third-order valence-corrected chi connectivity index (χ3v) is 3.66. The van der Waals surface area contributed by atoms with Gasteiger partial charge in [0.1, 0.15) is 0 Å². The Labute approximate surface area is 111 Å². The van der Waals surface area contributed by atoms with Crippen molar-refractivity contribution >= 4 is 5.95 Å². The minimum absolute atomic E-state index is 0.126. The minimum Gasteiger partial charge on any atom is -0.340 e. The maximum absolute atomic E-state index is 4.55. The van der Waals surface area contributed by atoms with Gasteiger partial charge in [0.05, 0.1) is 0 Å². The van der Waals surface area contributed by atoms with Crippen LogP contribution < -0.4 is 4.90 Å². The molecule has 1 saturated heterocycles. The summed E-state index contributed by atoms with van der Waals surface area (Å²) >= 11 is 0. The summed E-state index contributed by atoms with van der Waals surface area (Å²) in [6.07, 6.45) is 5.27. The molecule has 2 unspecified atom stereocenters. The zero-order chi connectivity index (χ0) is 13.3. The Morgan fingerprint density at radius 1 is 1.06 bits per heavy atom. The summed E-state index contributed by atoms with van der Waals surface area (Å²) in [5.74, 6) is 2.36. The molecule has 0 saturated carbocycles. The van der Waals surface area contributed by atoms with Crippen LogP contribution in [0, 0.1) is 11.8 Å². The third kappa shape index (κ3) is 3.01. The number of aromatic nitrogens is 2. The number of nitrogens with zero attached hydrogens (tertiary/aromatic N) is 3. The van der Waals surface area contributed by atoms with Gasteiger partial charge in [-0.1, -0.05) is 34.6 Å². The zero-order valence-electron chi connectivity index (χ0n) is 12.3. The molecule has 0 N–H and O–H groups in total. The molecule has 2 atom stereocenters. The average Bonchev–Trinajstić information content (AvgIpc) is 2.27.